The van der Waals surface area contributed by atoms with Crippen molar-refractivity contribution in [2.75, 3.05) is 25.1 Å². The number of nitrogens with one attached hydrogen (secondary N) is 1. The number of alkyl halides is 2. The van der Waals surface area contributed by atoms with Crippen LogP contribution in [-0.2, 0) is 10.2 Å². The van der Waals surface area contributed by atoms with Gasteiger partial charge in [-0.2, -0.15) is 0 Å². The zero-order chi connectivity index (χ0) is 14.5. The molecule has 0 spiro atoms. The van der Waals surface area contributed by atoms with Crippen molar-refractivity contribution in [1.82, 2.24) is 9.97 Å². The summed E-state index contributed by atoms with van der Waals surface area (Å²) in [7, 11) is 0. The average Bonchev–Trinajstić information content (AvgIpc) is 2.26. The lowest BCUT2D eigenvalue weighted by atomic mass is 9.96. The summed E-state index contributed by atoms with van der Waals surface area (Å²) in [6.45, 7) is 5.94. The maximum atomic E-state index is 11.8. The van der Waals surface area contributed by atoms with Crippen LogP contribution in [0.4, 0.5) is 14.6 Å². The standard InChI is InChI=1S/C12H18ClF2N3O/c1-12(2,3)11-17-8(13)6-10(18-11)16-4-5-19-7-9(14)15/h6,9H,4-5,7H2,1-3H3,(H,16,17,18). The molecule has 0 atom stereocenters. The molecule has 0 fully saturated rings. The molecular weight excluding hydrogens is 276 g/mol. The summed E-state index contributed by atoms with van der Waals surface area (Å²) >= 11 is 5.92. The van der Waals surface area contributed by atoms with E-state index in [1.807, 2.05) is 20.8 Å². The van der Waals surface area contributed by atoms with Crippen molar-refractivity contribution >= 4 is 17.4 Å². The summed E-state index contributed by atoms with van der Waals surface area (Å²) in [6.07, 6.45) is -2.44. The fraction of sp³-hybridized carbons (Fsp3) is 0.667. The van der Waals surface area contributed by atoms with Crippen LogP contribution in [0, 0.1) is 0 Å². The van der Waals surface area contributed by atoms with E-state index in [9.17, 15) is 8.78 Å². The molecule has 1 aromatic rings. The van der Waals surface area contributed by atoms with Gasteiger partial charge in [0.15, 0.2) is 0 Å². The molecule has 1 rings (SSSR count). The van der Waals surface area contributed by atoms with Gasteiger partial charge in [-0.05, 0) is 0 Å². The fourth-order valence-corrected chi connectivity index (χ4v) is 1.45. The minimum absolute atomic E-state index is 0.177. The molecule has 0 saturated carbocycles. The van der Waals surface area contributed by atoms with E-state index in [1.165, 1.54) is 0 Å². The van der Waals surface area contributed by atoms with Gasteiger partial charge in [-0.15, -0.1) is 0 Å². The van der Waals surface area contributed by atoms with E-state index < -0.39 is 13.0 Å². The van der Waals surface area contributed by atoms with Gasteiger partial charge >= 0.3 is 0 Å². The van der Waals surface area contributed by atoms with E-state index in [-0.39, 0.29) is 12.0 Å². The third-order valence-corrected chi connectivity index (χ3v) is 2.36. The van der Waals surface area contributed by atoms with Gasteiger partial charge in [0.05, 0.1) is 6.61 Å². The number of halogens is 3. The van der Waals surface area contributed by atoms with Crippen molar-refractivity contribution in [1.29, 1.82) is 0 Å². The predicted molar refractivity (Wildman–Crippen MR) is 71.1 cm³/mol. The van der Waals surface area contributed by atoms with Gasteiger partial charge in [0, 0.05) is 18.0 Å². The van der Waals surface area contributed by atoms with E-state index in [4.69, 9.17) is 16.3 Å². The molecule has 0 aliphatic carbocycles. The van der Waals surface area contributed by atoms with Crippen molar-refractivity contribution in [3.8, 4) is 0 Å². The van der Waals surface area contributed by atoms with Crippen molar-refractivity contribution in [2.24, 2.45) is 0 Å². The van der Waals surface area contributed by atoms with Gasteiger partial charge in [-0.3, -0.25) is 0 Å². The third kappa shape index (κ3) is 6.11. The Morgan fingerprint density at radius 2 is 2.05 bits per heavy atom. The van der Waals surface area contributed by atoms with E-state index in [0.29, 0.717) is 23.3 Å². The fourth-order valence-electron chi connectivity index (χ4n) is 1.27. The van der Waals surface area contributed by atoms with E-state index >= 15 is 0 Å². The molecule has 0 bridgehead atoms. The smallest absolute Gasteiger partial charge is 0.261 e. The molecule has 0 amide bonds. The summed E-state index contributed by atoms with van der Waals surface area (Å²) in [5.74, 6) is 1.18. The highest BCUT2D eigenvalue weighted by atomic mass is 35.5. The number of aromatic nitrogens is 2. The van der Waals surface area contributed by atoms with Crippen LogP contribution in [0.25, 0.3) is 0 Å². The van der Waals surface area contributed by atoms with Gasteiger partial charge < -0.3 is 10.1 Å². The Labute approximate surface area is 116 Å². The lowest BCUT2D eigenvalue weighted by Gasteiger charge is -2.17. The zero-order valence-electron chi connectivity index (χ0n) is 11.2. The van der Waals surface area contributed by atoms with Crippen LogP contribution in [0.3, 0.4) is 0 Å². The SMILES string of the molecule is CC(C)(C)c1nc(Cl)cc(NCCOCC(F)F)n1. The number of anilines is 1. The zero-order valence-corrected chi connectivity index (χ0v) is 12.0. The Hall–Kier alpha value is -1.01. The monoisotopic (exact) mass is 293 g/mol. The minimum atomic E-state index is -2.44. The molecule has 1 aromatic heterocycles. The first-order valence-electron chi connectivity index (χ1n) is 5.94. The molecule has 4 nitrogen and oxygen atoms in total. The highest BCUT2D eigenvalue weighted by Crippen LogP contribution is 2.22. The normalized spacial score (nSPS) is 11.9. The summed E-state index contributed by atoms with van der Waals surface area (Å²) in [5.41, 5.74) is -0.215. The first-order valence-corrected chi connectivity index (χ1v) is 6.31. The topological polar surface area (TPSA) is 47.0 Å². The Kier molecular flexibility index (Phi) is 5.87. The van der Waals surface area contributed by atoms with Crippen LogP contribution in [0.5, 0.6) is 0 Å². The molecule has 0 aliphatic rings. The van der Waals surface area contributed by atoms with Crippen LogP contribution >= 0.6 is 11.6 Å². The first kappa shape index (κ1) is 16.0. The predicted octanol–water partition coefficient (Wildman–Crippen LogP) is 3.12. The van der Waals surface area contributed by atoms with Crippen LogP contribution in [0.15, 0.2) is 6.07 Å². The quantitative estimate of drug-likeness (QED) is 0.647. The first-order chi connectivity index (χ1) is 8.79. The highest BCUT2D eigenvalue weighted by Gasteiger charge is 2.18. The number of hydrogen-bond acceptors (Lipinski definition) is 4. The molecule has 0 radical (unpaired) electrons. The van der Waals surface area contributed by atoms with Gasteiger partial charge in [0.25, 0.3) is 6.43 Å². The van der Waals surface area contributed by atoms with E-state index in [1.54, 1.807) is 6.07 Å². The molecule has 0 aliphatic heterocycles. The maximum Gasteiger partial charge on any atom is 0.261 e. The molecule has 108 valence electrons. The van der Waals surface area contributed by atoms with Crippen molar-refractivity contribution < 1.29 is 13.5 Å². The van der Waals surface area contributed by atoms with Crippen LogP contribution < -0.4 is 5.32 Å². The van der Waals surface area contributed by atoms with Crippen molar-refractivity contribution in [3.63, 3.8) is 0 Å². The molecule has 7 heteroatoms. The molecule has 1 N–H and O–H groups in total. The lowest BCUT2D eigenvalue weighted by molar-refractivity contribution is 0.0215. The Morgan fingerprint density at radius 1 is 1.37 bits per heavy atom. The molecule has 0 saturated heterocycles. The largest absolute Gasteiger partial charge is 0.374 e. The Bertz CT molecular complexity index is 410. The van der Waals surface area contributed by atoms with Crippen molar-refractivity contribution in [3.05, 3.63) is 17.0 Å². The van der Waals surface area contributed by atoms with Gasteiger partial charge in [-0.1, -0.05) is 32.4 Å². The average molecular weight is 294 g/mol. The second-order valence-electron chi connectivity index (χ2n) is 5.04. The highest BCUT2D eigenvalue weighted by molar-refractivity contribution is 6.29. The van der Waals surface area contributed by atoms with E-state index in [0.717, 1.165) is 0 Å². The second kappa shape index (κ2) is 6.96. The maximum absolute atomic E-state index is 11.8. The van der Waals surface area contributed by atoms with Crippen LogP contribution in [0.2, 0.25) is 5.15 Å². The van der Waals surface area contributed by atoms with Crippen LogP contribution in [0.1, 0.15) is 26.6 Å². The summed E-state index contributed by atoms with van der Waals surface area (Å²) < 4.78 is 28.4. The molecular formula is C12H18ClF2N3O. The van der Waals surface area contributed by atoms with Crippen molar-refractivity contribution in [2.45, 2.75) is 32.6 Å². The Balaban J connectivity index is 2.52. The summed E-state index contributed by atoms with van der Waals surface area (Å²) in [6, 6.07) is 1.59. The van der Waals surface area contributed by atoms with Crippen LogP contribution in [-0.4, -0.2) is 36.2 Å². The van der Waals surface area contributed by atoms with E-state index in [2.05, 4.69) is 15.3 Å². The Morgan fingerprint density at radius 3 is 2.63 bits per heavy atom. The lowest BCUT2D eigenvalue weighted by Crippen LogP contribution is -2.18. The third-order valence-electron chi connectivity index (χ3n) is 2.16. The van der Waals surface area contributed by atoms with Gasteiger partial charge in [-0.25, -0.2) is 18.7 Å². The number of hydrogen-bond donors (Lipinski definition) is 1. The van der Waals surface area contributed by atoms with Gasteiger partial charge in [0.1, 0.15) is 23.4 Å². The number of nitrogens with zero attached hydrogens (tertiary/aromatic N) is 2. The minimum Gasteiger partial charge on any atom is -0.374 e. The summed E-state index contributed by atoms with van der Waals surface area (Å²) in [5, 5.41) is 3.31. The number of rotatable bonds is 6. The molecule has 1 heterocycles. The molecule has 0 unspecified atom stereocenters. The second-order valence-corrected chi connectivity index (χ2v) is 5.43. The van der Waals surface area contributed by atoms with Gasteiger partial charge in [0.2, 0.25) is 0 Å². The number of ether oxygens (including phenoxy) is 1. The summed E-state index contributed by atoms with van der Waals surface area (Å²) in [4.78, 5) is 8.48. The molecule has 0 aromatic carbocycles. The molecule has 19 heavy (non-hydrogen) atoms.